The molecular weight excluding hydrogens is 411 g/mol. The van der Waals surface area contributed by atoms with Gasteiger partial charge in [0, 0.05) is 49.9 Å². The lowest BCUT2D eigenvalue weighted by Gasteiger charge is -2.35. The number of thiazole rings is 1. The van der Waals surface area contributed by atoms with Crippen molar-refractivity contribution in [1.82, 2.24) is 14.9 Å². The second-order valence-corrected chi connectivity index (χ2v) is 7.83. The Morgan fingerprint density at radius 2 is 1.80 bits per heavy atom. The normalized spacial score (nSPS) is 15.2. The van der Waals surface area contributed by atoms with E-state index in [9.17, 15) is 18.4 Å². The van der Waals surface area contributed by atoms with Gasteiger partial charge in [-0.2, -0.15) is 18.4 Å². The van der Waals surface area contributed by atoms with Crippen LogP contribution in [0, 0.1) is 11.3 Å². The van der Waals surface area contributed by atoms with Crippen molar-refractivity contribution in [2.75, 3.05) is 31.1 Å². The Kier molecular flexibility index (Phi) is 5.70. The predicted octanol–water partition coefficient (Wildman–Crippen LogP) is 4.42. The first-order chi connectivity index (χ1) is 14.4. The number of anilines is 1. The number of halogens is 3. The second kappa shape index (κ2) is 8.42. The summed E-state index contributed by atoms with van der Waals surface area (Å²) in [6, 6.07) is 10.8. The average Bonchev–Trinajstić information content (AvgIpc) is 3.22. The summed E-state index contributed by atoms with van der Waals surface area (Å²) in [7, 11) is 0. The zero-order valence-corrected chi connectivity index (χ0v) is 16.7. The van der Waals surface area contributed by atoms with Crippen LogP contribution in [0.25, 0.3) is 10.6 Å². The summed E-state index contributed by atoms with van der Waals surface area (Å²) >= 11 is 1.43. The minimum absolute atomic E-state index is 0.576. The molecule has 0 N–H and O–H groups in total. The molecule has 3 heterocycles. The number of rotatable bonds is 4. The van der Waals surface area contributed by atoms with Gasteiger partial charge < -0.3 is 4.90 Å². The van der Waals surface area contributed by atoms with Gasteiger partial charge in [0.25, 0.3) is 0 Å². The van der Waals surface area contributed by atoms with Gasteiger partial charge in [0.2, 0.25) is 0 Å². The second-order valence-electron chi connectivity index (χ2n) is 6.97. The molecule has 1 aliphatic heterocycles. The highest BCUT2D eigenvalue weighted by Gasteiger charge is 2.30. The molecule has 3 aromatic rings. The number of pyridine rings is 1. The molecule has 5 nitrogen and oxygen atoms in total. The molecule has 1 aliphatic rings. The monoisotopic (exact) mass is 429 g/mol. The van der Waals surface area contributed by atoms with Crippen LogP contribution in [0.4, 0.5) is 19.0 Å². The molecule has 0 radical (unpaired) electrons. The van der Waals surface area contributed by atoms with E-state index in [0.29, 0.717) is 22.7 Å². The largest absolute Gasteiger partial charge is 0.416 e. The lowest BCUT2D eigenvalue weighted by atomic mass is 10.1. The van der Waals surface area contributed by atoms with Crippen molar-refractivity contribution in [3.63, 3.8) is 0 Å². The minimum atomic E-state index is -4.34. The van der Waals surface area contributed by atoms with Crippen molar-refractivity contribution in [3.05, 3.63) is 64.8 Å². The van der Waals surface area contributed by atoms with Gasteiger partial charge in [-0.05, 0) is 24.3 Å². The summed E-state index contributed by atoms with van der Waals surface area (Å²) in [6.45, 7) is 3.84. The quantitative estimate of drug-likeness (QED) is 0.615. The zero-order valence-electron chi connectivity index (χ0n) is 15.9. The van der Waals surface area contributed by atoms with E-state index >= 15 is 0 Å². The molecule has 1 saturated heterocycles. The van der Waals surface area contributed by atoms with Crippen LogP contribution in [0.1, 0.15) is 16.8 Å². The number of piperazine rings is 1. The summed E-state index contributed by atoms with van der Waals surface area (Å²) in [5, 5.41) is 11.9. The molecule has 2 aromatic heterocycles. The Bertz CT molecular complexity index is 1050. The standard InChI is InChI=1S/C21H18F3N5S/c22-21(23,24)17-5-3-15(4-6-17)20-27-18(14-30-20)13-28-8-10-29(11-9-28)19-16(12-25)2-1-7-26-19/h1-7,14H,8-11,13H2. The first-order valence-corrected chi connectivity index (χ1v) is 10.3. The maximum atomic E-state index is 12.7. The summed E-state index contributed by atoms with van der Waals surface area (Å²) in [5.74, 6) is 0.720. The van der Waals surface area contributed by atoms with Crippen LogP contribution in [0.5, 0.6) is 0 Å². The number of alkyl halides is 3. The molecule has 0 aliphatic carbocycles. The van der Waals surface area contributed by atoms with Crippen LogP contribution in [0.3, 0.4) is 0 Å². The van der Waals surface area contributed by atoms with Gasteiger partial charge in [-0.15, -0.1) is 11.3 Å². The molecule has 1 fully saturated rings. The number of hydrogen-bond donors (Lipinski definition) is 0. The molecule has 0 amide bonds. The van der Waals surface area contributed by atoms with Crippen LogP contribution in [-0.2, 0) is 12.7 Å². The van der Waals surface area contributed by atoms with E-state index in [1.54, 1.807) is 18.3 Å². The fourth-order valence-corrected chi connectivity index (χ4v) is 4.21. The van der Waals surface area contributed by atoms with E-state index in [-0.39, 0.29) is 0 Å². The topological polar surface area (TPSA) is 56.1 Å². The third-order valence-corrected chi connectivity index (χ3v) is 5.92. The molecule has 9 heteroatoms. The third kappa shape index (κ3) is 4.45. The van der Waals surface area contributed by atoms with Crippen LogP contribution in [0.15, 0.2) is 48.0 Å². The Labute approximate surface area is 176 Å². The van der Waals surface area contributed by atoms with Gasteiger partial charge in [0.1, 0.15) is 16.9 Å². The fourth-order valence-electron chi connectivity index (χ4n) is 3.40. The molecule has 1 aromatic carbocycles. The molecule has 0 spiro atoms. The molecule has 4 rings (SSSR count). The zero-order chi connectivity index (χ0) is 21.1. The summed E-state index contributed by atoms with van der Waals surface area (Å²) < 4.78 is 38.2. The SMILES string of the molecule is N#Cc1cccnc1N1CCN(Cc2csc(-c3ccc(C(F)(F)F)cc3)n2)CC1. The lowest BCUT2D eigenvalue weighted by molar-refractivity contribution is -0.137. The lowest BCUT2D eigenvalue weighted by Crippen LogP contribution is -2.46. The average molecular weight is 429 g/mol. The number of nitriles is 1. The number of nitrogens with zero attached hydrogens (tertiary/aromatic N) is 5. The Hall–Kier alpha value is -2.96. The van der Waals surface area contributed by atoms with Crippen molar-refractivity contribution in [2.45, 2.75) is 12.7 Å². The molecule has 154 valence electrons. The number of benzene rings is 1. The molecule has 0 unspecified atom stereocenters. The fraction of sp³-hybridized carbons (Fsp3) is 0.286. The van der Waals surface area contributed by atoms with Crippen molar-refractivity contribution < 1.29 is 13.2 Å². The maximum absolute atomic E-state index is 12.7. The van der Waals surface area contributed by atoms with Gasteiger partial charge in [-0.3, -0.25) is 4.90 Å². The van der Waals surface area contributed by atoms with E-state index in [2.05, 4.69) is 25.8 Å². The van der Waals surface area contributed by atoms with Crippen LogP contribution in [0.2, 0.25) is 0 Å². The third-order valence-electron chi connectivity index (χ3n) is 4.98. The molecule has 0 atom stereocenters. The van der Waals surface area contributed by atoms with Gasteiger partial charge >= 0.3 is 6.18 Å². The van der Waals surface area contributed by atoms with Crippen LogP contribution in [-0.4, -0.2) is 41.0 Å². The van der Waals surface area contributed by atoms with Gasteiger partial charge in [-0.1, -0.05) is 12.1 Å². The van der Waals surface area contributed by atoms with Gasteiger partial charge in [0.05, 0.1) is 16.8 Å². The number of aromatic nitrogens is 2. The summed E-state index contributed by atoms with van der Waals surface area (Å²) in [5.41, 5.74) is 1.50. The van der Waals surface area contributed by atoms with E-state index in [0.717, 1.165) is 49.8 Å². The smallest absolute Gasteiger partial charge is 0.353 e. The molecule has 0 saturated carbocycles. The number of hydrogen-bond acceptors (Lipinski definition) is 6. The first-order valence-electron chi connectivity index (χ1n) is 9.38. The van der Waals surface area contributed by atoms with Crippen LogP contribution >= 0.6 is 11.3 Å². The Morgan fingerprint density at radius 1 is 1.07 bits per heavy atom. The van der Waals surface area contributed by atoms with E-state index in [1.165, 1.54) is 23.5 Å². The highest BCUT2D eigenvalue weighted by Crippen LogP contribution is 2.32. The van der Waals surface area contributed by atoms with E-state index < -0.39 is 11.7 Å². The van der Waals surface area contributed by atoms with Crippen LogP contribution < -0.4 is 4.90 Å². The first kappa shape index (κ1) is 20.3. The minimum Gasteiger partial charge on any atom is -0.353 e. The highest BCUT2D eigenvalue weighted by atomic mass is 32.1. The van der Waals surface area contributed by atoms with Crippen molar-refractivity contribution in [1.29, 1.82) is 5.26 Å². The van der Waals surface area contributed by atoms with Gasteiger partial charge in [0.15, 0.2) is 0 Å². The highest BCUT2D eigenvalue weighted by molar-refractivity contribution is 7.13. The molecular formula is C21H18F3N5S. The Morgan fingerprint density at radius 3 is 2.47 bits per heavy atom. The van der Waals surface area contributed by atoms with Gasteiger partial charge in [-0.25, -0.2) is 9.97 Å². The summed E-state index contributed by atoms with van der Waals surface area (Å²) in [6.07, 6.45) is -2.64. The molecule has 0 bridgehead atoms. The maximum Gasteiger partial charge on any atom is 0.416 e. The van der Waals surface area contributed by atoms with E-state index in [1.807, 2.05) is 5.38 Å². The van der Waals surface area contributed by atoms with Crippen molar-refractivity contribution in [2.24, 2.45) is 0 Å². The summed E-state index contributed by atoms with van der Waals surface area (Å²) in [4.78, 5) is 13.3. The van der Waals surface area contributed by atoms with Crippen molar-refractivity contribution >= 4 is 17.2 Å². The van der Waals surface area contributed by atoms with Crippen molar-refractivity contribution in [3.8, 4) is 16.6 Å². The molecule has 30 heavy (non-hydrogen) atoms. The Balaban J connectivity index is 1.37. The predicted molar refractivity (Wildman–Crippen MR) is 109 cm³/mol. The van der Waals surface area contributed by atoms with E-state index in [4.69, 9.17) is 0 Å².